The van der Waals surface area contributed by atoms with E-state index in [4.69, 9.17) is 4.74 Å². The van der Waals surface area contributed by atoms with Gasteiger partial charge in [-0.3, -0.25) is 24.1 Å². The van der Waals surface area contributed by atoms with Crippen molar-refractivity contribution < 1.29 is 23.9 Å². The molecule has 0 aromatic heterocycles. The van der Waals surface area contributed by atoms with Gasteiger partial charge in [0.15, 0.2) is 6.61 Å². The molecule has 1 aliphatic heterocycles. The van der Waals surface area contributed by atoms with E-state index in [0.717, 1.165) is 31.6 Å². The van der Waals surface area contributed by atoms with Crippen molar-refractivity contribution in [2.75, 3.05) is 18.5 Å². The van der Waals surface area contributed by atoms with Gasteiger partial charge >= 0.3 is 5.97 Å². The van der Waals surface area contributed by atoms with Gasteiger partial charge in [0.2, 0.25) is 11.8 Å². The van der Waals surface area contributed by atoms with Crippen LogP contribution in [0.5, 0.6) is 0 Å². The smallest absolute Gasteiger partial charge is 0.326 e. The first-order chi connectivity index (χ1) is 17.4. The van der Waals surface area contributed by atoms with Crippen molar-refractivity contribution in [3.8, 4) is 0 Å². The number of nitrogens with one attached hydrogen (secondary N) is 1. The van der Waals surface area contributed by atoms with E-state index in [0.29, 0.717) is 5.69 Å². The van der Waals surface area contributed by atoms with Crippen LogP contribution in [0.25, 0.3) is 0 Å². The molecule has 1 heterocycles. The number of esters is 1. The normalized spacial score (nSPS) is 23.1. The lowest BCUT2D eigenvalue weighted by atomic mass is 9.55. The van der Waals surface area contributed by atoms with Crippen molar-refractivity contribution in [1.82, 2.24) is 4.90 Å². The van der Waals surface area contributed by atoms with Crippen LogP contribution in [0.1, 0.15) is 34.1 Å². The van der Waals surface area contributed by atoms with Crippen molar-refractivity contribution in [2.45, 2.75) is 11.8 Å². The van der Waals surface area contributed by atoms with Gasteiger partial charge in [-0.2, -0.15) is 0 Å². The summed E-state index contributed by atoms with van der Waals surface area (Å²) in [6.45, 7) is -1.03. The number of anilines is 1. The molecule has 7 rings (SSSR count). The summed E-state index contributed by atoms with van der Waals surface area (Å²) >= 11 is 3.32. The number of ether oxygens (including phenoxy) is 1. The van der Waals surface area contributed by atoms with Gasteiger partial charge in [-0.25, -0.2) is 0 Å². The number of nitrogens with zero attached hydrogens (tertiary/aromatic N) is 1. The number of benzene rings is 3. The number of likely N-dealkylation sites (tertiary alicyclic amines) is 1. The van der Waals surface area contributed by atoms with E-state index in [1.807, 2.05) is 48.5 Å². The third-order valence-corrected chi connectivity index (χ3v) is 7.85. The van der Waals surface area contributed by atoms with Gasteiger partial charge < -0.3 is 10.1 Å². The van der Waals surface area contributed by atoms with E-state index in [-0.39, 0.29) is 23.7 Å². The van der Waals surface area contributed by atoms with E-state index in [9.17, 15) is 19.2 Å². The molecule has 0 radical (unpaired) electrons. The van der Waals surface area contributed by atoms with Crippen LogP contribution in [0.15, 0.2) is 77.3 Å². The van der Waals surface area contributed by atoms with Crippen LogP contribution in [0, 0.1) is 11.8 Å². The van der Waals surface area contributed by atoms with Gasteiger partial charge in [0.05, 0.1) is 11.8 Å². The zero-order chi connectivity index (χ0) is 25.0. The lowest BCUT2D eigenvalue weighted by Gasteiger charge is -2.45. The highest BCUT2D eigenvalue weighted by Crippen LogP contribution is 2.60. The second-order valence-electron chi connectivity index (χ2n) is 9.24. The summed E-state index contributed by atoms with van der Waals surface area (Å²) in [5.74, 6) is -3.61. The zero-order valence-corrected chi connectivity index (χ0v) is 20.6. The Morgan fingerprint density at radius 3 is 1.72 bits per heavy atom. The minimum atomic E-state index is -0.802. The maximum Gasteiger partial charge on any atom is 0.326 e. The van der Waals surface area contributed by atoms with E-state index in [1.165, 1.54) is 0 Å². The Bertz CT molecular complexity index is 1300. The van der Waals surface area contributed by atoms with Crippen LogP contribution in [0.4, 0.5) is 5.69 Å². The van der Waals surface area contributed by atoms with Gasteiger partial charge in [-0.05, 0) is 46.5 Å². The van der Waals surface area contributed by atoms with Crippen LogP contribution < -0.4 is 5.32 Å². The Hall–Kier alpha value is -3.78. The SMILES string of the molecule is O=C(COC(=O)CN1C(=O)[C@H]2C3c4ccccc4C(c4ccccc43)[C@@H]2C1=O)Nc1ccc(Br)cc1. The second kappa shape index (κ2) is 8.71. The van der Waals surface area contributed by atoms with Crippen molar-refractivity contribution in [1.29, 1.82) is 0 Å². The van der Waals surface area contributed by atoms with E-state index >= 15 is 0 Å². The molecular formula is C28H21BrN2O5. The van der Waals surface area contributed by atoms with Crippen molar-refractivity contribution in [3.63, 3.8) is 0 Å². The van der Waals surface area contributed by atoms with Crippen molar-refractivity contribution in [3.05, 3.63) is 99.5 Å². The topological polar surface area (TPSA) is 92.8 Å². The lowest BCUT2D eigenvalue weighted by molar-refractivity contribution is -0.154. The molecule has 3 aliphatic carbocycles. The number of imide groups is 1. The highest BCUT2D eigenvalue weighted by atomic mass is 79.9. The third-order valence-electron chi connectivity index (χ3n) is 7.32. The second-order valence-corrected chi connectivity index (χ2v) is 10.2. The molecule has 3 aromatic carbocycles. The Kier molecular flexibility index (Phi) is 5.48. The molecule has 0 spiro atoms. The molecule has 4 aliphatic rings. The third kappa shape index (κ3) is 3.55. The summed E-state index contributed by atoms with van der Waals surface area (Å²) < 4.78 is 5.97. The molecular weight excluding hydrogens is 524 g/mol. The molecule has 8 heteroatoms. The van der Waals surface area contributed by atoms with Gasteiger partial charge in [0, 0.05) is 22.0 Å². The summed E-state index contributed by atoms with van der Waals surface area (Å²) in [4.78, 5) is 52.8. The predicted octanol–water partition coefficient (Wildman–Crippen LogP) is 3.82. The molecule has 0 unspecified atom stereocenters. The summed E-state index contributed by atoms with van der Waals surface area (Å²) in [6, 6.07) is 22.9. The first kappa shape index (κ1) is 22.7. The number of carbonyl (C=O) groups excluding carboxylic acids is 4. The maximum atomic E-state index is 13.5. The molecule has 0 saturated carbocycles. The molecule has 2 bridgehead atoms. The van der Waals surface area contributed by atoms with E-state index < -0.39 is 36.9 Å². The highest BCUT2D eigenvalue weighted by Gasteiger charge is 2.61. The van der Waals surface area contributed by atoms with Gasteiger partial charge in [-0.15, -0.1) is 0 Å². The van der Waals surface area contributed by atoms with Gasteiger partial charge in [0.1, 0.15) is 6.54 Å². The molecule has 36 heavy (non-hydrogen) atoms. The van der Waals surface area contributed by atoms with Crippen LogP contribution >= 0.6 is 15.9 Å². The first-order valence-electron chi connectivity index (χ1n) is 11.7. The summed E-state index contributed by atoms with van der Waals surface area (Å²) in [7, 11) is 0. The summed E-state index contributed by atoms with van der Waals surface area (Å²) in [5.41, 5.74) is 4.83. The fourth-order valence-corrected chi connectivity index (χ4v) is 6.21. The molecule has 2 atom stereocenters. The van der Waals surface area contributed by atoms with Crippen molar-refractivity contribution >= 4 is 45.3 Å². The summed E-state index contributed by atoms with van der Waals surface area (Å²) in [5, 5.41) is 2.63. The summed E-state index contributed by atoms with van der Waals surface area (Å²) in [6.07, 6.45) is 0. The Balaban J connectivity index is 1.18. The number of hydrogen-bond donors (Lipinski definition) is 1. The Morgan fingerprint density at radius 2 is 1.25 bits per heavy atom. The largest absolute Gasteiger partial charge is 0.454 e. The molecule has 1 saturated heterocycles. The van der Waals surface area contributed by atoms with Crippen molar-refractivity contribution in [2.24, 2.45) is 11.8 Å². The average Bonchev–Trinajstić information content (AvgIpc) is 3.14. The Labute approximate surface area is 215 Å². The average molecular weight is 545 g/mol. The monoisotopic (exact) mass is 544 g/mol. The van der Waals surface area contributed by atoms with Gasteiger partial charge in [-0.1, -0.05) is 64.5 Å². The molecule has 3 aromatic rings. The van der Waals surface area contributed by atoms with Crippen LogP contribution in [0.3, 0.4) is 0 Å². The predicted molar refractivity (Wildman–Crippen MR) is 134 cm³/mol. The molecule has 7 nitrogen and oxygen atoms in total. The number of amides is 3. The van der Waals surface area contributed by atoms with E-state index in [2.05, 4.69) is 21.2 Å². The van der Waals surface area contributed by atoms with Crippen LogP contribution in [0.2, 0.25) is 0 Å². The molecule has 180 valence electrons. The van der Waals surface area contributed by atoms with E-state index in [1.54, 1.807) is 24.3 Å². The number of rotatable bonds is 5. The van der Waals surface area contributed by atoms with Crippen LogP contribution in [-0.2, 0) is 23.9 Å². The maximum absolute atomic E-state index is 13.5. The number of carbonyl (C=O) groups is 4. The Morgan fingerprint density at radius 1 is 0.778 bits per heavy atom. The number of hydrogen-bond acceptors (Lipinski definition) is 5. The van der Waals surface area contributed by atoms with Crippen LogP contribution in [-0.4, -0.2) is 41.7 Å². The minimum Gasteiger partial charge on any atom is -0.454 e. The molecule has 1 fully saturated rings. The minimum absolute atomic E-state index is 0.235. The molecule has 3 amide bonds. The highest BCUT2D eigenvalue weighted by molar-refractivity contribution is 9.10. The fourth-order valence-electron chi connectivity index (χ4n) is 5.95. The number of halogens is 1. The quantitative estimate of drug-likeness (QED) is 0.389. The zero-order valence-electron chi connectivity index (χ0n) is 19.0. The van der Waals surface area contributed by atoms with Gasteiger partial charge in [0.25, 0.3) is 5.91 Å². The fraction of sp³-hybridized carbons (Fsp3) is 0.214. The molecule has 1 N–H and O–H groups in total. The standard InChI is InChI=1S/C28H21BrN2O5/c29-15-9-11-16(12-10-15)30-21(32)14-36-22(33)13-31-27(34)25-23-17-5-1-2-6-18(17)24(26(25)28(31)35)20-8-4-3-7-19(20)23/h1-12,23-26H,13-14H2,(H,30,32)/t23?,24?,25-,26-/m0/s1. The first-order valence-corrected chi connectivity index (χ1v) is 12.5. The lowest BCUT2D eigenvalue weighted by Crippen LogP contribution is -2.41.